The van der Waals surface area contributed by atoms with E-state index < -0.39 is 0 Å². The van der Waals surface area contributed by atoms with Crippen LogP contribution in [0, 0.1) is 0 Å². The van der Waals surface area contributed by atoms with Gasteiger partial charge in [-0.25, -0.2) is 0 Å². The molecule has 1 aliphatic rings. The molecule has 0 saturated heterocycles. The number of hydrogen-bond donors (Lipinski definition) is 1. The zero-order chi connectivity index (χ0) is 9.31. The Morgan fingerprint density at radius 2 is 2.08 bits per heavy atom. The van der Waals surface area contributed by atoms with Crippen LogP contribution in [-0.4, -0.2) is 5.54 Å². The van der Waals surface area contributed by atoms with E-state index in [9.17, 15) is 0 Å². The van der Waals surface area contributed by atoms with Crippen molar-refractivity contribution in [3.8, 4) is 0 Å². The van der Waals surface area contributed by atoms with Crippen molar-refractivity contribution in [2.75, 3.05) is 0 Å². The Hall–Kier alpha value is -0.340. The lowest BCUT2D eigenvalue weighted by Gasteiger charge is -2.37. The first-order valence-electron chi connectivity index (χ1n) is 5.08. The highest BCUT2D eigenvalue weighted by Crippen LogP contribution is 2.34. The summed E-state index contributed by atoms with van der Waals surface area (Å²) in [5.41, 5.74) is 6.34. The van der Waals surface area contributed by atoms with Crippen molar-refractivity contribution in [3.05, 3.63) is 21.9 Å². The third-order valence-corrected chi connectivity index (χ3v) is 4.17. The average molecular weight is 195 g/mol. The highest BCUT2D eigenvalue weighted by atomic mass is 32.1. The molecule has 1 aliphatic carbocycles. The van der Waals surface area contributed by atoms with Crippen molar-refractivity contribution >= 4 is 11.3 Å². The molecule has 0 bridgehead atoms. The van der Waals surface area contributed by atoms with E-state index in [4.69, 9.17) is 5.73 Å². The van der Waals surface area contributed by atoms with Gasteiger partial charge in [0, 0.05) is 15.3 Å². The Balaban J connectivity index is 2.01. The van der Waals surface area contributed by atoms with Crippen molar-refractivity contribution in [3.63, 3.8) is 0 Å². The van der Waals surface area contributed by atoms with Gasteiger partial charge in [0.2, 0.25) is 0 Å². The second-order valence-corrected chi connectivity index (χ2v) is 5.37. The maximum atomic E-state index is 6.19. The van der Waals surface area contributed by atoms with Gasteiger partial charge in [0.1, 0.15) is 0 Å². The maximum absolute atomic E-state index is 6.19. The highest BCUT2D eigenvalue weighted by Gasteiger charge is 2.32. The van der Waals surface area contributed by atoms with Crippen LogP contribution >= 0.6 is 11.3 Å². The molecule has 1 saturated carbocycles. The first-order chi connectivity index (χ1) is 6.22. The van der Waals surface area contributed by atoms with E-state index in [0.717, 1.165) is 12.8 Å². The molecule has 1 aromatic heterocycles. The minimum absolute atomic E-state index is 0.149. The van der Waals surface area contributed by atoms with Crippen LogP contribution in [0.1, 0.15) is 35.9 Å². The van der Waals surface area contributed by atoms with Gasteiger partial charge in [-0.3, -0.25) is 0 Å². The third-order valence-electron chi connectivity index (χ3n) is 2.94. The summed E-state index contributed by atoms with van der Waals surface area (Å²) in [6.45, 7) is 2.21. The monoisotopic (exact) mass is 195 g/mol. The Morgan fingerprint density at radius 1 is 1.38 bits per heavy atom. The molecule has 0 aromatic carbocycles. The fourth-order valence-corrected chi connectivity index (χ4v) is 2.97. The zero-order valence-electron chi connectivity index (χ0n) is 8.18. The van der Waals surface area contributed by atoms with Crippen molar-refractivity contribution in [2.24, 2.45) is 5.73 Å². The van der Waals surface area contributed by atoms with Gasteiger partial charge in [0.25, 0.3) is 0 Å². The summed E-state index contributed by atoms with van der Waals surface area (Å²) in [4.78, 5) is 2.96. The summed E-state index contributed by atoms with van der Waals surface area (Å²) < 4.78 is 0. The Morgan fingerprint density at radius 3 is 2.54 bits per heavy atom. The molecule has 13 heavy (non-hydrogen) atoms. The highest BCUT2D eigenvalue weighted by molar-refractivity contribution is 7.12. The van der Waals surface area contributed by atoms with E-state index in [1.807, 2.05) is 11.3 Å². The minimum atomic E-state index is 0.149. The van der Waals surface area contributed by atoms with E-state index in [1.165, 1.54) is 29.0 Å². The maximum Gasteiger partial charge on any atom is 0.0203 e. The predicted molar refractivity (Wildman–Crippen MR) is 58.2 cm³/mol. The molecule has 1 fully saturated rings. The molecule has 0 unspecified atom stereocenters. The second-order valence-electron chi connectivity index (χ2n) is 4.11. The molecule has 72 valence electrons. The predicted octanol–water partition coefficient (Wildman–Crippen LogP) is 2.73. The normalized spacial score (nSPS) is 19.8. The summed E-state index contributed by atoms with van der Waals surface area (Å²) in [5.74, 6) is 0. The van der Waals surface area contributed by atoms with E-state index in [-0.39, 0.29) is 5.54 Å². The van der Waals surface area contributed by atoms with E-state index in [0.29, 0.717) is 0 Å². The lowest BCUT2D eigenvalue weighted by molar-refractivity contribution is 0.249. The van der Waals surface area contributed by atoms with Crippen LogP contribution in [0.4, 0.5) is 0 Å². The van der Waals surface area contributed by atoms with Gasteiger partial charge >= 0.3 is 0 Å². The lowest BCUT2D eigenvalue weighted by Crippen LogP contribution is -2.48. The molecule has 0 aliphatic heterocycles. The topological polar surface area (TPSA) is 26.0 Å². The largest absolute Gasteiger partial charge is 0.325 e. The summed E-state index contributed by atoms with van der Waals surface area (Å²) in [7, 11) is 0. The van der Waals surface area contributed by atoms with E-state index >= 15 is 0 Å². The molecule has 0 spiro atoms. The fraction of sp³-hybridized carbons (Fsp3) is 0.636. The van der Waals surface area contributed by atoms with Crippen molar-refractivity contribution in [1.82, 2.24) is 0 Å². The van der Waals surface area contributed by atoms with Gasteiger partial charge in [-0.15, -0.1) is 11.3 Å². The van der Waals surface area contributed by atoms with Crippen LogP contribution in [0.25, 0.3) is 0 Å². The molecule has 1 heterocycles. The van der Waals surface area contributed by atoms with Crippen LogP contribution in [0.2, 0.25) is 0 Å². The lowest BCUT2D eigenvalue weighted by atomic mass is 9.75. The summed E-state index contributed by atoms with van der Waals surface area (Å²) in [5, 5.41) is 0. The summed E-state index contributed by atoms with van der Waals surface area (Å²) in [6, 6.07) is 4.48. The Labute approximate surface area is 84.0 Å². The van der Waals surface area contributed by atoms with Gasteiger partial charge in [-0.2, -0.15) is 0 Å². The summed E-state index contributed by atoms with van der Waals surface area (Å²) in [6.07, 6.45) is 6.00. The Bertz CT molecular complexity index is 286. The van der Waals surface area contributed by atoms with E-state index in [1.54, 1.807) is 0 Å². The molecular formula is C11H17NS. The zero-order valence-corrected chi connectivity index (χ0v) is 8.99. The van der Waals surface area contributed by atoms with Gasteiger partial charge in [0.05, 0.1) is 0 Å². The molecule has 1 aromatic rings. The van der Waals surface area contributed by atoms with Gasteiger partial charge < -0.3 is 5.73 Å². The number of rotatable bonds is 3. The molecule has 2 heteroatoms. The number of thiophene rings is 1. The molecule has 2 rings (SSSR count). The SMILES string of the molecule is CCc1ccc(CC2(N)CCC2)s1. The Kier molecular flexibility index (Phi) is 2.43. The van der Waals surface area contributed by atoms with Crippen molar-refractivity contribution in [1.29, 1.82) is 0 Å². The smallest absolute Gasteiger partial charge is 0.0203 e. The van der Waals surface area contributed by atoms with Crippen molar-refractivity contribution in [2.45, 2.75) is 44.6 Å². The molecule has 0 atom stereocenters. The standard InChI is InChI=1S/C11H17NS/c1-2-9-4-5-10(13-9)8-11(12)6-3-7-11/h4-5H,2-3,6-8,12H2,1H3. The van der Waals surface area contributed by atoms with Crippen molar-refractivity contribution < 1.29 is 0 Å². The second kappa shape index (κ2) is 3.43. The van der Waals surface area contributed by atoms with Crippen LogP contribution in [-0.2, 0) is 12.8 Å². The summed E-state index contributed by atoms with van der Waals surface area (Å²) >= 11 is 1.93. The van der Waals surface area contributed by atoms with E-state index in [2.05, 4.69) is 19.1 Å². The van der Waals surface area contributed by atoms with Gasteiger partial charge in [-0.1, -0.05) is 6.92 Å². The first-order valence-corrected chi connectivity index (χ1v) is 5.90. The average Bonchev–Trinajstić information content (AvgIpc) is 2.49. The van der Waals surface area contributed by atoms with Crippen LogP contribution in [0.5, 0.6) is 0 Å². The number of nitrogens with two attached hydrogens (primary N) is 1. The quantitative estimate of drug-likeness (QED) is 0.788. The van der Waals surface area contributed by atoms with Gasteiger partial charge in [-0.05, 0) is 44.2 Å². The van der Waals surface area contributed by atoms with Crippen LogP contribution < -0.4 is 5.73 Å². The first kappa shape index (κ1) is 9.22. The number of aryl methyl sites for hydroxylation is 1. The number of hydrogen-bond acceptors (Lipinski definition) is 2. The minimum Gasteiger partial charge on any atom is -0.325 e. The van der Waals surface area contributed by atoms with Crippen LogP contribution in [0.3, 0.4) is 0 Å². The molecule has 1 nitrogen and oxygen atoms in total. The van der Waals surface area contributed by atoms with Gasteiger partial charge in [0.15, 0.2) is 0 Å². The molecule has 0 radical (unpaired) electrons. The fourth-order valence-electron chi connectivity index (χ4n) is 1.86. The molecule has 2 N–H and O–H groups in total. The van der Waals surface area contributed by atoms with Crippen LogP contribution in [0.15, 0.2) is 12.1 Å². The third kappa shape index (κ3) is 1.94. The molecule has 0 amide bonds. The molecular weight excluding hydrogens is 178 g/mol.